The van der Waals surface area contributed by atoms with Gasteiger partial charge in [0.1, 0.15) is 0 Å². The molecule has 0 amide bonds. The van der Waals surface area contributed by atoms with Gasteiger partial charge >= 0.3 is 0 Å². The standard InChI is InChI=1S/C17H27NO/c1-15-7-6-8-16(11-15)12-18(2)13-17(14-19)9-4-3-5-10-17/h6-8,11,19H,3-5,9-10,12-14H2,1-2H3. The van der Waals surface area contributed by atoms with Crippen molar-refractivity contribution >= 4 is 0 Å². The van der Waals surface area contributed by atoms with E-state index in [4.69, 9.17) is 0 Å². The Labute approximate surface area is 117 Å². The van der Waals surface area contributed by atoms with Gasteiger partial charge in [0.05, 0.1) is 0 Å². The maximum atomic E-state index is 9.77. The molecule has 1 aliphatic rings. The van der Waals surface area contributed by atoms with Gasteiger partial charge in [0, 0.05) is 25.1 Å². The van der Waals surface area contributed by atoms with Gasteiger partial charge in [0.15, 0.2) is 0 Å². The lowest BCUT2D eigenvalue weighted by molar-refractivity contribution is 0.0464. The van der Waals surface area contributed by atoms with Gasteiger partial charge in [-0.2, -0.15) is 0 Å². The Bertz CT molecular complexity index is 396. The van der Waals surface area contributed by atoms with Crippen LogP contribution in [0.5, 0.6) is 0 Å². The zero-order valence-corrected chi connectivity index (χ0v) is 12.4. The van der Waals surface area contributed by atoms with Gasteiger partial charge in [-0.15, -0.1) is 0 Å². The van der Waals surface area contributed by atoms with Gasteiger partial charge in [-0.05, 0) is 32.4 Å². The number of rotatable bonds is 5. The Kier molecular flexibility index (Phi) is 5.00. The molecule has 1 aliphatic carbocycles. The van der Waals surface area contributed by atoms with E-state index in [2.05, 4.69) is 43.1 Å². The molecule has 1 saturated carbocycles. The second-order valence-electron chi connectivity index (χ2n) is 6.38. The monoisotopic (exact) mass is 261 g/mol. The van der Waals surface area contributed by atoms with Crippen LogP contribution < -0.4 is 0 Å². The molecule has 0 unspecified atom stereocenters. The van der Waals surface area contributed by atoms with Crippen molar-refractivity contribution in [2.75, 3.05) is 20.2 Å². The summed E-state index contributed by atoms with van der Waals surface area (Å²) in [5.41, 5.74) is 2.84. The molecule has 0 saturated heterocycles. The first-order valence-electron chi connectivity index (χ1n) is 7.49. The van der Waals surface area contributed by atoms with E-state index in [9.17, 15) is 5.11 Å². The lowest BCUT2D eigenvalue weighted by Gasteiger charge is -2.38. The minimum atomic E-state index is 0.150. The molecule has 19 heavy (non-hydrogen) atoms. The van der Waals surface area contributed by atoms with Crippen LogP contribution in [0.2, 0.25) is 0 Å². The molecule has 1 fully saturated rings. The second-order valence-corrected chi connectivity index (χ2v) is 6.38. The fourth-order valence-corrected chi connectivity index (χ4v) is 3.42. The van der Waals surface area contributed by atoms with E-state index in [1.54, 1.807) is 0 Å². The summed E-state index contributed by atoms with van der Waals surface area (Å²) in [6.45, 7) is 4.46. The molecule has 1 aromatic rings. The smallest absolute Gasteiger partial charge is 0.0499 e. The van der Waals surface area contributed by atoms with Crippen molar-refractivity contribution in [3.63, 3.8) is 0 Å². The van der Waals surface area contributed by atoms with Crippen molar-refractivity contribution in [3.8, 4) is 0 Å². The molecule has 1 N–H and O–H groups in total. The highest BCUT2D eigenvalue weighted by atomic mass is 16.3. The maximum absolute atomic E-state index is 9.77. The van der Waals surface area contributed by atoms with Gasteiger partial charge < -0.3 is 10.0 Å². The zero-order valence-electron chi connectivity index (χ0n) is 12.4. The lowest BCUT2D eigenvalue weighted by Crippen LogP contribution is -2.39. The van der Waals surface area contributed by atoms with Gasteiger partial charge in [-0.25, -0.2) is 0 Å². The topological polar surface area (TPSA) is 23.5 Å². The first-order valence-corrected chi connectivity index (χ1v) is 7.49. The molecule has 1 aromatic carbocycles. The molecule has 0 heterocycles. The molecule has 0 bridgehead atoms. The van der Waals surface area contributed by atoms with Crippen LogP contribution in [-0.4, -0.2) is 30.2 Å². The number of nitrogens with zero attached hydrogens (tertiary/aromatic N) is 1. The Morgan fingerprint density at radius 1 is 1.21 bits per heavy atom. The van der Waals surface area contributed by atoms with E-state index in [-0.39, 0.29) is 5.41 Å². The van der Waals surface area contributed by atoms with Crippen LogP contribution in [0.15, 0.2) is 24.3 Å². The molecule has 0 aromatic heterocycles. The highest BCUT2D eigenvalue weighted by Gasteiger charge is 2.32. The molecule has 0 radical (unpaired) electrons. The number of hydrogen-bond acceptors (Lipinski definition) is 2. The molecule has 0 aliphatic heterocycles. The molecule has 0 atom stereocenters. The molecule has 2 heteroatoms. The summed E-state index contributed by atoms with van der Waals surface area (Å²) in [6.07, 6.45) is 6.25. The first-order chi connectivity index (χ1) is 9.13. The molecule has 0 spiro atoms. The third-order valence-corrected chi connectivity index (χ3v) is 4.39. The average molecular weight is 261 g/mol. The van der Waals surface area contributed by atoms with E-state index in [1.165, 1.54) is 43.2 Å². The molecular weight excluding hydrogens is 234 g/mol. The predicted octanol–water partition coefficient (Wildman–Crippen LogP) is 3.37. The van der Waals surface area contributed by atoms with E-state index in [0.29, 0.717) is 6.61 Å². The second kappa shape index (κ2) is 6.53. The molecule has 2 rings (SSSR count). The fourth-order valence-electron chi connectivity index (χ4n) is 3.42. The van der Waals surface area contributed by atoms with Gasteiger partial charge in [0.2, 0.25) is 0 Å². The van der Waals surface area contributed by atoms with Crippen molar-refractivity contribution in [1.29, 1.82) is 0 Å². The van der Waals surface area contributed by atoms with Crippen LogP contribution in [0.25, 0.3) is 0 Å². The summed E-state index contributed by atoms with van der Waals surface area (Å²) in [6, 6.07) is 8.71. The van der Waals surface area contributed by atoms with E-state index in [1.807, 2.05) is 0 Å². The van der Waals surface area contributed by atoms with Crippen molar-refractivity contribution < 1.29 is 5.11 Å². The van der Waals surface area contributed by atoms with Crippen LogP contribution in [-0.2, 0) is 6.54 Å². The average Bonchev–Trinajstić information content (AvgIpc) is 2.39. The zero-order chi connectivity index (χ0) is 13.7. The maximum Gasteiger partial charge on any atom is 0.0499 e. The SMILES string of the molecule is Cc1cccc(CN(C)CC2(CO)CCCCC2)c1. The van der Waals surface area contributed by atoms with Crippen molar-refractivity contribution in [2.45, 2.75) is 45.6 Å². The quantitative estimate of drug-likeness (QED) is 0.878. The fraction of sp³-hybridized carbons (Fsp3) is 0.647. The van der Waals surface area contributed by atoms with Crippen LogP contribution in [0.4, 0.5) is 0 Å². The Morgan fingerprint density at radius 3 is 2.58 bits per heavy atom. The third-order valence-electron chi connectivity index (χ3n) is 4.39. The normalized spacial score (nSPS) is 18.7. The molecular formula is C17H27NO. The predicted molar refractivity (Wildman–Crippen MR) is 80.1 cm³/mol. The highest BCUT2D eigenvalue weighted by Crippen LogP contribution is 2.36. The highest BCUT2D eigenvalue weighted by molar-refractivity contribution is 5.22. The van der Waals surface area contributed by atoms with Crippen LogP contribution >= 0.6 is 0 Å². The number of aryl methyl sites for hydroxylation is 1. The van der Waals surface area contributed by atoms with Crippen molar-refractivity contribution in [1.82, 2.24) is 4.90 Å². The van der Waals surface area contributed by atoms with Crippen molar-refractivity contribution in [2.24, 2.45) is 5.41 Å². The minimum absolute atomic E-state index is 0.150. The Balaban J connectivity index is 1.94. The molecule has 106 valence electrons. The summed E-state index contributed by atoms with van der Waals surface area (Å²) < 4.78 is 0. The van der Waals surface area contributed by atoms with E-state index < -0.39 is 0 Å². The van der Waals surface area contributed by atoms with Gasteiger partial charge in [-0.3, -0.25) is 0 Å². The van der Waals surface area contributed by atoms with Gasteiger partial charge in [0.25, 0.3) is 0 Å². The van der Waals surface area contributed by atoms with Gasteiger partial charge in [-0.1, -0.05) is 49.1 Å². The summed E-state index contributed by atoms with van der Waals surface area (Å²) in [7, 11) is 2.17. The van der Waals surface area contributed by atoms with Crippen molar-refractivity contribution in [3.05, 3.63) is 35.4 Å². The Morgan fingerprint density at radius 2 is 1.95 bits per heavy atom. The number of hydrogen-bond donors (Lipinski definition) is 1. The van der Waals surface area contributed by atoms with Crippen LogP contribution in [0.1, 0.15) is 43.2 Å². The van der Waals surface area contributed by atoms with E-state index >= 15 is 0 Å². The summed E-state index contributed by atoms with van der Waals surface area (Å²) in [4.78, 5) is 2.37. The lowest BCUT2D eigenvalue weighted by atomic mass is 9.74. The Hall–Kier alpha value is -0.860. The third kappa shape index (κ3) is 4.05. The first kappa shape index (κ1) is 14.5. The minimum Gasteiger partial charge on any atom is -0.396 e. The summed E-state index contributed by atoms with van der Waals surface area (Å²) >= 11 is 0. The number of aliphatic hydroxyl groups excluding tert-OH is 1. The van der Waals surface area contributed by atoms with Crippen LogP contribution in [0, 0.1) is 12.3 Å². The van der Waals surface area contributed by atoms with Crippen LogP contribution in [0.3, 0.4) is 0 Å². The molecule has 2 nitrogen and oxygen atoms in total. The number of benzene rings is 1. The summed E-state index contributed by atoms with van der Waals surface area (Å²) in [5, 5.41) is 9.77. The summed E-state index contributed by atoms with van der Waals surface area (Å²) in [5.74, 6) is 0. The largest absolute Gasteiger partial charge is 0.396 e. The number of aliphatic hydroxyl groups is 1. The van der Waals surface area contributed by atoms with E-state index in [0.717, 1.165) is 13.1 Å².